The lowest BCUT2D eigenvalue weighted by Gasteiger charge is -2.21. The molecule has 0 spiro atoms. The number of ether oxygens (including phenoxy) is 1. The van der Waals surface area contributed by atoms with Gasteiger partial charge < -0.3 is 14.6 Å². The maximum absolute atomic E-state index is 15.3. The van der Waals surface area contributed by atoms with E-state index in [1.807, 2.05) is 48.0 Å². The van der Waals surface area contributed by atoms with Crippen LogP contribution in [0.15, 0.2) is 47.3 Å². The second-order valence-corrected chi connectivity index (χ2v) is 11.2. The summed E-state index contributed by atoms with van der Waals surface area (Å²) < 4.78 is 23.9. The molecule has 0 saturated carbocycles. The van der Waals surface area contributed by atoms with Crippen molar-refractivity contribution in [3.8, 4) is 0 Å². The summed E-state index contributed by atoms with van der Waals surface area (Å²) in [5.74, 6) is 0. The number of carbonyl (C=O) groups is 1. The van der Waals surface area contributed by atoms with Gasteiger partial charge in [0.15, 0.2) is 0 Å². The maximum Gasteiger partial charge on any atom is 0.407 e. The molecule has 2 heterocycles. The molecule has 38 heavy (non-hydrogen) atoms. The smallest absolute Gasteiger partial charge is 0.407 e. The number of aryl methyl sites for hydroxylation is 3. The average Bonchev–Trinajstić information content (AvgIpc) is 3.20. The molecule has 1 unspecified atom stereocenters. The Kier molecular flexibility index (Phi) is 6.99. The molecule has 1 atom stereocenters. The van der Waals surface area contributed by atoms with Gasteiger partial charge in [-0.1, -0.05) is 30.3 Å². The van der Waals surface area contributed by atoms with Crippen molar-refractivity contribution in [1.29, 1.82) is 0 Å². The molecule has 1 amide bonds. The van der Waals surface area contributed by atoms with Gasteiger partial charge in [0.05, 0.1) is 30.5 Å². The van der Waals surface area contributed by atoms with Crippen LogP contribution in [0.25, 0.3) is 21.8 Å². The van der Waals surface area contributed by atoms with Gasteiger partial charge in [-0.15, -0.1) is 0 Å². The first kappa shape index (κ1) is 25.9. The number of hydrogen-bond donors (Lipinski definition) is 1. The van der Waals surface area contributed by atoms with Gasteiger partial charge in [-0.25, -0.2) is 9.18 Å². The molecule has 1 aliphatic carbocycles. The van der Waals surface area contributed by atoms with Crippen molar-refractivity contribution >= 4 is 27.9 Å². The molecule has 1 N–H and O–H groups in total. The van der Waals surface area contributed by atoms with E-state index >= 15 is 4.39 Å². The van der Waals surface area contributed by atoms with Gasteiger partial charge in [0.25, 0.3) is 5.56 Å². The molecule has 200 valence electrons. The van der Waals surface area contributed by atoms with Crippen molar-refractivity contribution in [3.05, 3.63) is 75.2 Å². The van der Waals surface area contributed by atoms with Crippen LogP contribution in [0.4, 0.5) is 9.18 Å². The van der Waals surface area contributed by atoms with Gasteiger partial charge in [0.1, 0.15) is 17.3 Å². The highest BCUT2D eigenvalue weighted by molar-refractivity contribution is 6.04. The maximum atomic E-state index is 15.3. The zero-order chi connectivity index (χ0) is 27.0. The zero-order valence-electron chi connectivity index (χ0n) is 22.5. The van der Waals surface area contributed by atoms with E-state index in [0.717, 1.165) is 42.3 Å². The molecule has 0 aliphatic heterocycles. The molecule has 5 rings (SSSR count). The van der Waals surface area contributed by atoms with Crippen molar-refractivity contribution in [3.63, 3.8) is 0 Å². The number of rotatable bonds is 6. The molecule has 0 radical (unpaired) electrons. The Morgan fingerprint density at radius 3 is 2.50 bits per heavy atom. The van der Waals surface area contributed by atoms with Crippen molar-refractivity contribution in [2.45, 2.75) is 78.2 Å². The number of aromatic nitrogens is 3. The minimum absolute atomic E-state index is 0.177. The predicted octanol–water partition coefficient (Wildman–Crippen LogP) is 5.45. The Labute approximate surface area is 221 Å². The lowest BCUT2D eigenvalue weighted by Crippen LogP contribution is -2.38. The molecule has 1 aliphatic rings. The fourth-order valence-corrected chi connectivity index (χ4v) is 5.28. The minimum atomic E-state index is -1.48. The van der Waals surface area contributed by atoms with E-state index in [0.29, 0.717) is 23.0 Å². The van der Waals surface area contributed by atoms with E-state index in [4.69, 9.17) is 9.84 Å². The van der Waals surface area contributed by atoms with Gasteiger partial charge in [-0.05, 0) is 82.2 Å². The molecular weight excluding hydrogens is 483 g/mol. The predicted molar refractivity (Wildman–Crippen MR) is 148 cm³/mol. The lowest BCUT2D eigenvalue weighted by atomic mass is 9.90. The minimum Gasteiger partial charge on any atom is -0.444 e. The van der Waals surface area contributed by atoms with E-state index in [1.54, 1.807) is 20.8 Å². The largest absolute Gasteiger partial charge is 0.444 e. The van der Waals surface area contributed by atoms with Crippen LogP contribution in [0.1, 0.15) is 56.0 Å². The SMILES string of the molecule is Cc1c2c(=O)n(CC(F)CNC(=O)OC(C)(C)C)c3cc4c(cc3c2nn1Cc1ccccc1)CCCC4. The van der Waals surface area contributed by atoms with Gasteiger partial charge in [0.2, 0.25) is 0 Å². The molecule has 7 nitrogen and oxygen atoms in total. The lowest BCUT2D eigenvalue weighted by molar-refractivity contribution is 0.0511. The van der Waals surface area contributed by atoms with Gasteiger partial charge in [0, 0.05) is 11.1 Å². The third-order valence-electron chi connectivity index (χ3n) is 7.09. The number of benzene rings is 2. The van der Waals surface area contributed by atoms with Crippen LogP contribution in [0, 0.1) is 6.92 Å². The number of pyridine rings is 1. The Morgan fingerprint density at radius 2 is 1.82 bits per heavy atom. The summed E-state index contributed by atoms with van der Waals surface area (Å²) >= 11 is 0. The summed E-state index contributed by atoms with van der Waals surface area (Å²) in [5, 5.41) is 8.76. The summed E-state index contributed by atoms with van der Waals surface area (Å²) in [7, 11) is 0. The fraction of sp³-hybridized carbons (Fsp3) is 0.433. The van der Waals surface area contributed by atoms with Crippen molar-refractivity contribution < 1.29 is 13.9 Å². The Morgan fingerprint density at radius 1 is 1.13 bits per heavy atom. The highest BCUT2D eigenvalue weighted by atomic mass is 19.1. The summed E-state index contributed by atoms with van der Waals surface area (Å²) in [6, 6.07) is 14.2. The third-order valence-corrected chi connectivity index (χ3v) is 7.09. The van der Waals surface area contributed by atoms with Gasteiger partial charge >= 0.3 is 6.09 Å². The van der Waals surface area contributed by atoms with Crippen molar-refractivity contribution in [2.24, 2.45) is 0 Å². The van der Waals surface area contributed by atoms with E-state index < -0.39 is 17.9 Å². The van der Waals surface area contributed by atoms with Crippen LogP contribution in [0.2, 0.25) is 0 Å². The van der Waals surface area contributed by atoms with E-state index in [9.17, 15) is 9.59 Å². The molecule has 0 fully saturated rings. The standard InChI is InChI=1S/C30H35FN4O3/c1-19-26-27(33-35(19)17-20-10-6-5-7-11-20)24-14-21-12-8-9-13-22(21)15-25(24)34(28(26)36)18-23(31)16-32-29(37)38-30(2,3)4/h5-7,10-11,14-15,23H,8-9,12-13,16-18H2,1-4H3,(H,32,37). The number of halogens is 1. The van der Waals surface area contributed by atoms with E-state index in [2.05, 4.69) is 11.4 Å². The summed E-state index contributed by atoms with van der Waals surface area (Å²) in [6.07, 6.45) is 2.00. The topological polar surface area (TPSA) is 78.2 Å². The van der Waals surface area contributed by atoms with Crippen LogP contribution in [-0.4, -0.2) is 38.8 Å². The second-order valence-electron chi connectivity index (χ2n) is 11.2. The normalized spacial score (nSPS) is 14.4. The van der Waals surface area contributed by atoms with Crippen molar-refractivity contribution in [2.75, 3.05) is 6.54 Å². The fourth-order valence-electron chi connectivity index (χ4n) is 5.28. The van der Waals surface area contributed by atoms with Crippen molar-refractivity contribution in [1.82, 2.24) is 19.7 Å². The molecule has 2 aromatic heterocycles. The molecule has 0 saturated heterocycles. The molecule has 8 heteroatoms. The zero-order valence-corrected chi connectivity index (χ0v) is 22.5. The number of alkyl carbamates (subject to hydrolysis) is 1. The van der Waals surface area contributed by atoms with Crippen LogP contribution in [0.5, 0.6) is 0 Å². The highest BCUT2D eigenvalue weighted by Crippen LogP contribution is 2.31. The monoisotopic (exact) mass is 518 g/mol. The number of nitrogens with one attached hydrogen (secondary N) is 1. The van der Waals surface area contributed by atoms with Gasteiger partial charge in [-0.3, -0.25) is 9.48 Å². The first-order valence-electron chi connectivity index (χ1n) is 13.3. The Bertz CT molecular complexity index is 1550. The van der Waals surface area contributed by atoms with Crippen LogP contribution >= 0.6 is 0 Å². The van der Waals surface area contributed by atoms with Gasteiger partial charge in [-0.2, -0.15) is 5.10 Å². The van der Waals surface area contributed by atoms with Crippen LogP contribution < -0.4 is 10.9 Å². The van der Waals surface area contributed by atoms with E-state index in [-0.39, 0.29) is 18.6 Å². The summed E-state index contributed by atoms with van der Waals surface area (Å²) in [4.78, 5) is 25.9. The second kappa shape index (κ2) is 10.2. The first-order chi connectivity index (χ1) is 18.1. The third kappa shape index (κ3) is 5.30. The quantitative estimate of drug-likeness (QED) is 0.368. The first-order valence-corrected chi connectivity index (χ1v) is 13.3. The molecule has 2 aromatic carbocycles. The molecule has 4 aromatic rings. The molecule has 0 bridgehead atoms. The van der Waals surface area contributed by atoms with Crippen LogP contribution in [-0.2, 0) is 30.7 Å². The molecular formula is C30H35FN4O3. The Balaban J connectivity index is 1.57. The highest BCUT2D eigenvalue weighted by Gasteiger charge is 2.23. The number of carbonyl (C=O) groups excluding carboxylic acids is 1. The number of fused-ring (bicyclic) bond motifs is 4. The van der Waals surface area contributed by atoms with E-state index in [1.165, 1.54) is 15.7 Å². The number of amides is 1. The number of alkyl halides is 1. The number of nitrogens with zero attached hydrogens (tertiary/aromatic N) is 3. The Hall–Kier alpha value is -3.68. The van der Waals surface area contributed by atoms with Crippen LogP contribution in [0.3, 0.4) is 0 Å². The summed E-state index contributed by atoms with van der Waals surface area (Å²) in [6.45, 7) is 7.26. The number of hydrogen-bond acceptors (Lipinski definition) is 4. The average molecular weight is 519 g/mol. The summed E-state index contributed by atoms with van der Waals surface area (Å²) in [5.41, 5.74) is 4.72.